The van der Waals surface area contributed by atoms with Crippen molar-refractivity contribution in [2.45, 2.75) is 24.4 Å². The summed E-state index contributed by atoms with van der Waals surface area (Å²) in [4.78, 5) is 12.0. The first kappa shape index (κ1) is 14.2. The van der Waals surface area contributed by atoms with E-state index in [0.717, 1.165) is 11.3 Å². The third kappa shape index (κ3) is 2.38. The number of esters is 1. The predicted octanol–water partition coefficient (Wildman–Crippen LogP) is 2.27. The van der Waals surface area contributed by atoms with Crippen molar-refractivity contribution in [3.05, 3.63) is 65.7 Å². The summed E-state index contributed by atoms with van der Waals surface area (Å²) in [6.07, 6.45) is -0.442. The molecule has 0 aromatic heterocycles. The number of para-hydroxylation sites is 1. The molecule has 0 bridgehead atoms. The van der Waals surface area contributed by atoms with E-state index in [1.165, 1.54) is 0 Å². The molecule has 2 aromatic carbocycles. The number of anilines is 1. The molecule has 1 saturated heterocycles. The Hall–Kier alpha value is -2.37. The Labute approximate surface area is 133 Å². The van der Waals surface area contributed by atoms with E-state index in [2.05, 4.69) is 5.32 Å². The molecule has 0 radical (unpaired) electrons. The van der Waals surface area contributed by atoms with Crippen LogP contribution < -0.4 is 5.32 Å². The van der Waals surface area contributed by atoms with E-state index in [9.17, 15) is 9.90 Å². The number of benzene rings is 2. The molecule has 5 heteroatoms. The molecule has 2 aliphatic heterocycles. The molecule has 4 rings (SSSR count). The summed E-state index contributed by atoms with van der Waals surface area (Å²) in [5.41, 5.74) is 1.16. The molecule has 1 unspecified atom stereocenters. The molecule has 3 atom stereocenters. The zero-order chi connectivity index (χ0) is 15.9. The summed E-state index contributed by atoms with van der Waals surface area (Å²) >= 11 is 0. The van der Waals surface area contributed by atoms with Gasteiger partial charge in [0, 0.05) is 17.7 Å². The third-order valence-electron chi connectivity index (χ3n) is 4.39. The minimum Gasteiger partial charge on any atom is -0.459 e. The maximum atomic E-state index is 12.0. The van der Waals surface area contributed by atoms with Crippen LogP contribution in [0.1, 0.15) is 22.3 Å². The van der Waals surface area contributed by atoms with E-state index < -0.39 is 11.8 Å². The molecular weight excluding hydrogens is 294 g/mol. The second-order valence-corrected chi connectivity index (χ2v) is 5.92. The summed E-state index contributed by atoms with van der Waals surface area (Å²) < 4.78 is 11.1. The number of aliphatic hydroxyl groups is 1. The van der Waals surface area contributed by atoms with Gasteiger partial charge >= 0.3 is 5.97 Å². The summed E-state index contributed by atoms with van der Waals surface area (Å²) in [5.74, 6) is -0.383. The average Bonchev–Trinajstić information content (AvgIpc) is 3.04. The van der Waals surface area contributed by atoms with Crippen LogP contribution in [-0.2, 0) is 15.1 Å². The summed E-state index contributed by atoms with van der Waals surface area (Å²) in [5, 5.41) is 14.1. The van der Waals surface area contributed by atoms with Gasteiger partial charge in [0.2, 0.25) is 0 Å². The van der Waals surface area contributed by atoms with Crippen molar-refractivity contribution in [3.63, 3.8) is 0 Å². The van der Waals surface area contributed by atoms with E-state index in [1.807, 2.05) is 30.3 Å². The topological polar surface area (TPSA) is 67.8 Å². The maximum absolute atomic E-state index is 12.0. The lowest BCUT2D eigenvalue weighted by molar-refractivity contribution is -0.0367. The van der Waals surface area contributed by atoms with Crippen LogP contribution in [0.3, 0.4) is 0 Å². The molecule has 2 N–H and O–H groups in total. The van der Waals surface area contributed by atoms with Gasteiger partial charge < -0.3 is 19.9 Å². The molecule has 1 fully saturated rings. The van der Waals surface area contributed by atoms with Gasteiger partial charge in [-0.3, -0.25) is 0 Å². The van der Waals surface area contributed by atoms with Crippen molar-refractivity contribution >= 4 is 11.7 Å². The summed E-state index contributed by atoms with van der Waals surface area (Å²) in [6.45, 7) is 0.121. The van der Waals surface area contributed by atoms with Crippen LogP contribution in [0.2, 0.25) is 0 Å². The second kappa shape index (κ2) is 5.37. The van der Waals surface area contributed by atoms with Crippen LogP contribution in [0.5, 0.6) is 0 Å². The molecule has 2 heterocycles. The van der Waals surface area contributed by atoms with Gasteiger partial charge in [0.15, 0.2) is 6.23 Å². The van der Waals surface area contributed by atoms with Crippen LogP contribution in [0.15, 0.2) is 54.6 Å². The normalized spacial score (nSPS) is 27.9. The van der Waals surface area contributed by atoms with Gasteiger partial charge in [-0.1, -0.05) is 36.4 Å². The van der Waals surface area contributed by atoms with Crippen LogP contribution in [-0.4, -0.2) is 30.0 Å². The van der Waals surface area contributed by atoms with Gasteiger partial charge in [-0.15, -0.1) is 0 Å². The summed E-state index contributed by atoms with van der Waals surface area (Å²) in [6, 6.07) is 16.4. The highest BCUT2D eigenvalue weighted by Crippen LogP contribution is 2.47. The van der Waals surface area contributed by atoms with E-state index in [-0.39, 0.29) is 18.7 Å². The fourth-order valence-corrected chi connectivity index (χ4v) is 3.26. The lowest BCUT2D eigenvalue weighted by atomic mass is 9.91. The quantitative estimate of drug-likeness (QED) is 0.851. The number of fused-ring (bicyclic) bond motifs is 3. The third-order valence-corrected chi connectivity index (χ3v) is 4.39. The number of hydrogen-bond donors (Lipinski definition) is 2. The Morgan fingerprint density at radius 1 is 1.22 bits per heavy atom. The molecule has 23 heavy (non-hydrogen) atoms. The minimum atomic E-state index is -1.07. The van der Waals surface area contributed by atoms with Crippen LogP contribution >= 0.6 is 0 Å². The standard InChI is InChI=1S/C18H17NO4/c20-16(12-6-2-1-3-7-12)22-11-13-10-18(21)14-8-4-5-9-15(14)19-17(18)23-13/h1-9,13,17,19,21H,10-11H2/t13-,17?,18+/m0/s1. The molecule has 118 valence electrons. The van der Waals surface area contributed by atoms with Crippen LogP contribution in [0.4, 0.5) is 5.69 Å². The van der Waals surface area contributed by atoms with Crippen molar-refractivity contribution in [1.29, 1.82) is 0 Å². The molecule has 5 nitrogen and oxygen atoms in total. The van der Waals surface area contributed by atoms with Gasteiger partial charge in [0.1, 0.15) is 12.2 Å². The first-order valence-electron chi connectivity index (χ1n) is 7.63. The Kier molecular flexibility index (Phi) is 3.32. The Balaban J connectivity index is 1.42. The number of hydrogen-bond acceptors (Lipinski definition) is 5. The highest BCUT2D eigenvalue weighted by Gasteiger charge is 2.53. The van der Waals surface area contributed by atoms with Gasteiger partial charge in [0.05, 0.1) is 11.7 Å². The highest BCUT2D eigenvalue weighted by molar-refractivity contribution is 5.89. The van der Waals surface area contributed by atoms with E-state index in [1.54, 1.807) is 24.3 Å². The maximum Gasteiger partial charge on any atom is 0.338 e. The van der Waals surface area contributed by atoms with Gasteiger partial charge in [0.25, 0.3) is 0 Å². The lowest BCUT2D eigenvalue weighted by Crippen LogP contribution is -2.33. The second-order valence-electron chi connectivity index (χ2n) is 5.92. The van der Waals surface area contributed by atoms with Crippen LogP contribution in [0, 0.1) is 0 Å². The number of rotatable bonds is 3. The van der Waals surface area contributed by atoms with Gasteiger partial charge in [-0.25, -0.2) is 4.79 Å². The summed E-state index contributed by atoms with van der Waals surface area (Å²) in [7, 11) is 0. The smallest absolute Gasteiger partial charge is 0.338 e. The Morgan fingerprint density at radius 2 is 1.96 bits per heavy atom. The van der Waals surface area contributed by atoms with Crippen LogP contribution in [0.25, 0.3) is 0 Å². The largest absolute Gasteiger partial charge is 0.459 e. The SMILES string of the molecule is O=C(OC[C@@H]1C[C@@]2(O)c3ccccc3NC2O1)c1ccccc1. The van der Waals surface area contributed by atoms with Crippen molar-refractivity contribution in [3.8, 4) is 0 Å². The minimum absolute atomic E-state index is 0.121. The fraction of sp³-hybridized carbons (Fsp3) is 0.278. The average molecular weight is 311 g/mol. The molecule has 0 spiro atoms. The monoisotopic (exact) mass is 311 g/mol. The highest BCUT2D eigenvalue weighted by atomic mass is 16.6. The molecule has 0 aliphatic carbocycles. The fourth-order valence-electron chi connectivity index (χ4n) is 3.26. The molecule has 0 amide bonds. The number of ether oxygens (including phenoxy) is 2. The molecule has 2 aliphatic rings. The van der Waals surface area contributed by atoms with Gasteiger partial charge in [-0.05, 0) is 18.2 Å². The van der Waals surface area contributed by atoms with Crippen molar-refractivity contribution < 1.29 is 19.4 Å². The first-order chi connectivity index (χ1) is 11.2. The number of carbonyl (C=O) groups is 1. The number of carbonyl (C=O) groups excluding carboxylic acids is 1. The zero-order valence-corrected chi connectivity index (χ0v) is 12.4. The van der Waals surface area contributed by atoms with E-state index >= 15 is 0 Å². The molecule has 2 aromatic rings. The van der Waals surface area contributed by atoms with Crippen molar-refractivity contribution in [2.75, 3.05) is 11.9 Å². The Morgan fingerprint density at radius 3 is 2.78 bits per heavy atom. The van der Waals surface area contributed by atoms with E-state index in [4.69, 9.17) is 9.47 Å². The Bertz CT molecular complexity index is 733. The number of nitrogens with one attached hydrogen (secondary N) is 1. The molecular formula is C18H17NO4. The lowest BCUT2D eigenvalue weighted by Gasteiger charge is -2.20. The van der Waals surface area contributed by atoms with Crippen molar-refractivity contribution in [2.24, 2.45) is 0 Å². The molecule has 0 saturated carbocycles. The first-order valence-corrected chi connectivity index (χ1v) is 7.63. The predicted molar refractivity (Wildman–Crippen MR) is 84.0 cm³/mol. The van der Waals surface area contributed by atoms with Crippen molar-refractivity contribution in [1.82, 2.24) is 0 Å². The zero-order valence-electron chi connectivity index (χ0n) is 12.4. The van der Waals surface area contributed by atoms with E-state index in [0.29, 0.717) is 12.0 Å². The van der Waals surface area contributed by atoms with Gasteiger partial charge in [-0.2, -0.15) is 0 Å².